The third-order valence-electron chi connectivity index (χ3n) is 3.16. The normalized spacial score (nSPS) is 10.9. The smallest absolute Gasteiger partial charge is 0.281 e. The maximum absolute atomic E-state index is 11.7. The molecule has 1 aromatic carbocycles. The van der Waals surface area contributed by atoms with Crippen LogP contribution in [-0.2, 0) is 0 Å². The van der Waals surface area contributed by atoms with Gasteiger partial charge in [-0.1, -0.05) is 17.7 Å². The average Bonchev–Trinajstić information content (AvgIpc) is 3.26. The molecule has 0 aliphatic heterocycles. The van der Waals surface area contributed by atoms with Crippen molar-refractivity contribution in [3.8, 4) is 11.3 Å². The van der Waals surface area contributed by atoms with E-state index in [-0.39, 0.29) is 16.6 Å². The van der Waals surface area contributed by atoms with Crippen LogP contribution in [-0.4, -0.2) is 17.0 Å². The summed E-state index contributed by atoms with van der Waals surface area (Å²) in [6.45, 7) is 0. The Balaban J connectivity index is 1.71. The quantitative estimate of drug-likeness (QED) is 0.407. The zero-order valence-electron chi connectivity index (χ0n) is 12.5. The number of nitrogens with one attached hydrogen (secondary N) is 1. The molecule has 7 nitrogen and oxygen atoms in total. The van der Waals surface area contributed by atoms with Crippen LogP contribution in [0.4, 0.5) is 5.69 Å². The van der Waals surface area contributed by atoms with Crippen molar-refractivity contribution in [1.29, 1.82) is 0 Å². The van der Waals surface area contributed by atoms with E-state index in [1.54, 1.807) is 29.6 Å². The van der Waals surface area contributed by atoms with Crippen molar-refractivity contribution in [3.05, 3.63) is 73.6 Å². The van der Waals surface area contributed by atoms with E-state index in [2.05, 4.69) is 10.5 Å². The van der Waals surface area contributed by atoms with Crippen molar-refractivity contribution in [3.63, 3.8) is 0 Å². The highest BCUT2D eigenvalue weighted by Crippen LogP contribution is 2.31. The van der Waals surface area contributed by atoms with E-state index in [1.807, 2.05) is 0 Å². The number of carbonyl (C=O) groups is 1. The molecule has 25 heavy (non-hydrogen) atoms. The van der Waals surface area contributed by atoms with Gasteiger partial charge in [0.15, 0.2) is 0 Å². The first-order valence-corrected chi connectivity index (χ1v) is 8.21. The minimum atomic E-state index is -0.522. The van der Waals surface area contributed by atoms with Gasteiger partial charge in [-0.15, -0.1) is 11.3 Å². The number of rotatable bonds is 5. The summed E-state index contributed by atoms with van der Waals surface area (Å²) in [5.41, 5.74) is 2.82. The first kappa shape index (κ1) is 16.9. The highest BCUT2D eigenvalue weighted by atomic mass is 35.5. The van der Waals surface area contributed by atoms with Crippen molar-refractivity contribution in [2.75, 3.05) is 0 Å². The molecule has 2 heterocycles. The predicted octanol–water partition coefficient (Wildman–Crippen LogP) is 4.33. The summed E-state index contributed by atoms with van der Waals surface area (Å²) in [6.07, 6.45) is 1.36. The van der Waals surface area contributed by atoms with Crippen LogP contribution in [0.2, 0.25) is 5.02 Å². The van der Waals surface area contributed by atoms with Gasteiger partial charge in [-0.05, 0) is 29.6 Å². The summed E-state index contributed by atoms with van der Waals surface area (Å²) in [6, 6.07) is 10.9. The number of non-ortho nitro benzene ring substituents is 1. The van der Waals surface area contributed by atoms with Crippen LogP contribution in [0.3, 0.4) is 0 Å². The van der Waals surface area contributed by atoms with Gasteiger partial charge >= 0.3 is 0 Å². The number of hydrogen-bond acceptors (Lipinski definition) is 6. The van der Waals surface area contributed by atoms with E-state index < -0.39 is 4.92 Å². The number of hydrazone groups is 1. The average molecular weight is 376 g/mol. The number of furan rings is 1. The summed E-state index contributed by atoms with van der Waals surface area (Å²) < 4.78 is 5.57. The highest BCUT2D eigenvalue weighted by molar-refractivity contribution is 7.12. The molecule has 0 spiro atoms. The van der Waals surface area contributed by atoms with Crippen LogP contribution in [0, 0.1) is 10.1 Å². The second-order valence-corrected chi connectivity index (χ2v) is 6.15. The van der Waals surface area contributed by atoms with Gasteiger partial charge in [0, 0.05) is 17.7 Å². The first-order chi connectivity index (χ1) is 12.0. The molecule has 0 aliphatic carbocycles. The van der Waals surface area contributed by atoms with E-state index in [9.17, 15) is 14.9 Å². The van der Waals surface area contributed by atoms with Gasteiger partial charge in [0.1, 0.15) is 11.5 Å². The zero-order valence-corrected chi connectivity index (χ0v) is 14.1. The van der Waals surface area contributed by atoms with Crippen LogP contribution in [0.5, 0.6) is 0 Å². The Bertz CT molecular complexity index is 950. The molecule has 0 saturated heterocycles. The third kappa shape index (κ3) is 3.93. The van der Waals surface area contributed by atoms with E-state index in [4.69, 9.17) is 16.0 Å². The maximum atomic E-state index is 11.7. The molecular formula is C16H10ClN3O4S. The molecule has 0 atom stereocenters. The van der Waals surface area contributed by atoms with Crippen LogP contribution < -0.4 is 5.43 Å². The third-order valence-corrected chi connectivity index (χ3v) is 4.34. The van der Waals surface area contributed by atoms with Gasteiger partial charge in [0.2, 0.25) is 0 Å². The van der Waals surface area contributed by atoms with Gasteiger partial charge < -0.3 is 4.42 Å². The summed E-state index contributed by atoms with van der Waals surface area (Å²) in [7, 11) is 0. The Morgan fingerprint density at radius 3 is 2.84 bits per heavy atom. The molecule has 0 unspecified atom stereocenters. The molecule has 3 aromatic rings. The van der Waals surface area contributed by atoms with Crippen LogP contribution >= 0.6 is 22.9 Å². The molecule has 0 bridgehead atoms. The minimum absolute atomic E-state index is 0.0987. The van der Waals surface area contributed by atoms with Crippen molar-refractivity contribution < 1.29 is 14.1 Å². The summed E-state index contributed by atoms with van der Waals surface area (Å²) in [5.74, 6) is 0.526. The Morgan fingerprint density at radius 1 is 1.32 bits per heavy atom. The Hall–Kier alpha value is -2.97. The number of amides is 1. The van der Waals surface area contributed by atoms with E-state index in [1.165, 1.54) is 35.8 Å². The monoisotopic (exact) mass is 375 g/mol. The first-order valence-electron chi connectivity index (χ1n) is 6.95. The number of nitrogens with zero attached hydrogens (tertiary/aromatic N) is 2. The van der Waals surface area contributed by atoms with E-state index in [0.29, 0.717) is 22.0 Å². The summed E-state index contributed by atoms with van der Waals surface area (Å²) in [5, 5.41) is 16.6. The fraction of sp³-hybridized carbons (Fsp3) is 0. The Kier molecular flexibility index (Phi) is 4.92. The molecular weight excluding hydrogens is 366 g/mol. The van der Waals surface area contributed by atoms with Gasteiger partial charge in [-0.2, -0.15) is 5.10 Å². The van der Waals surface area contributed by atoms with Crippen molar-refractivity contribution in [2.45, 2.75) is 0 Å². The van der Waals surface area contributed by atoms with Gasteiger partial charge in [0.05, 0.1) is 21.0 Å². The topological polar surface area (TPSA) is 97.7 Å². The fourth-order valence-electron chi connectivity index (χ4n) is 2.00. The number of nitro benzene ring substituents is 1. The van der Waals surface area contributed by atoms with Gasteiger partial charge in [-0.3, -0.25) is 14.9 Å². The predicted molar refractivity (Wildman–Crippen MR) is 95.2 cm³/mol. The molecule has 0 radical (unpaired) electrons. The molecule has 9 heteroatoms. The number of hydrogen-bond donors (Lipinski definition) is 1. The molecule has 0 saturated carbocycles. The summed E-state index contributed by atoms with van der Waals surface area (Å²) in [4.78, 5) is 22.5. The van der Waals surface area contributed by atoms with E-state index >= 15 is 0 Å². The van der Waals surface area contributed by atoms with Crippen molar-refractivity contribution in [1.82, 2.24) is 5.43 Å². The van der Waals surface area contributed by atoms with E-state index in [0.717, 1.165) is 0 Å². The van der Waals surface area contributed by atoms with Gasteiger partial charge in [-0.25, -0.2) is 5.43 Å². The van der Waals surface area contributed by atoms with Gasteiger partial charge in [0.25, 0.3) is 11.6 Å². The largest absolute Gasteiger partial charge is 0.455 e. The number of halogens is 1. The Morgan fingerprint density at radius 2 is 2.16 bits per heavy atom. The second kappa shape index (κ2) is 7.29. The molecule has 0 fully saturated rings. The number of thiophene rings is 1. The molecule has 1 N–H and O–H groups in total. The lowest BCUT2D eigenvalue weighted by atomic mass is 10.1. The zero-order chi connectivity index (χ0) is 17.8. The lowest BCUT2D eigenvalue weighted by Gasteiger charge is -2.00. The maximum Gasteiger partial charge on any atom is 0.281 e. The molecule has 2 aromatic heterocycles. The Labute approximate surface area is 150 Å². The highest BCUT2D eigenvalue weighted by Gasteiger charge is 2.13. The minimum Gasteiger partial charge on any atom is -0.455 e. The standard InChI is InChI=1S/C16H10ClN3O4S/c17-13-8-10(20(22)23)3-5-12(13)14-6-4-11(24-14)9-18-19-16(21)15-2-1-7-25-15/h1-9H,(H,19,21)/b18-9-. The molecule has 126 valence electrons. The lowest BCUT2D eigenvalue weighted by Crippen LogP contribution is -2.15. The number of nitro groups is 1. The summed E-state index contributed by atoms with van der Waals surface area (Å²) >= 11 is 7.38. The SMILES string of the molecule is O=C(N/N=C\c1ccc(-c2ccc([N+](=O)[O-])cc2Cl)o1)c1cccs1. The number of carbonyl (C=O) groups excluding carboxylic acids is 1. The second-order valence-electron chi connectivity index (χ2n) is 4.80. The van der Waals surface area contributed by atoms with Crippen molar-refractivity contribution in [2.24, 2.45) is 5.10 Å². The molecule has 0 aliphatic rings. The van der Waals surface area contributed by atoms with Crippen LogP contribution in [0.1, 0.15) is 15.4 Å². The van der Waals surface area contributed by atoms with Crippen LogP contribution in [0.25, 0.3) is 11.3 Å². The molecule has 3 rings (SSSR count). The fourth-order valence-corrected chi connectivity index (χ4v) is 2.88. The number of benzene rings is 1. The lowest BCUT2D eigenvalue weighted by molar-refractivity contribution is -0.384. The van der Waals surface area contributed by atoms with Crippen molar-refractivity contribution >= 4 is 40.7 Å². The van der Waals surface area contributed by atoms with Crippen LogP contribution in [0.15, 0.2) is 57.4 Å². The molecule has 1 amide bonds.